The lowest BCUT2D eigenvalue weighted by Gasteiger charge is -2.34. The van der Waals surface area contributed by atoms with Gasteiger partial charge in [0.15, 0.2) is 11.4 Å². The minimum absolute atomic E-state index is 0.121. The maximum atomic E-state index is 13.1. The Hall–Kier alpha value is -3.57. The number of carbonyl (C=O) groups excluding carboxylic acids is 1. The summed E-state index contributed by atoms with van der Waals surface area (Å²) >= 11 is 0. The number of hydrogen-bond acceptors (Lipinski definition) is 5. The second kappa shape index (κ2) is 8.99. The van der Waals surface area contributed by atoms with Crippen molar-refractivity contribution in [3.8, 4) is 5.75 Å². The molecule has 3 aromatic rings. The van der Waals surface area contributed by atoms with E-state index in [2.05, 4.69) is 15.3 Å². The fourth-order valence-corrected chi connectivity index (χ4v) is 4.32. The number of methoxy groups -OCH3 is 1. The van der Waals surface area contributed by atoms with Gasteiger partial charge in [0, 0.05) is 38.4 Å². The number of hydrogen-bond donors (Lipinski definition) is 2. The number of rotatable bonds is 4. The topological polar surface area (TPSA) is 105 Å². The summed E-state index contributed by atoms with van der Waals surface area (Å²) < 4.78 is 45.4. The van der Waals surface area contributed by atoms with Crippen LogP contribution in [-0.4, -0.2) is 50.6 Å². The fourth-order valence-electron chi connectivity index (χ4n) is 4.32. The zero-order valence-corrected chi connectivity index (χ0v) is 18.9. The molecule has 3 heterocycles. The van der Waals surface area contributed by atoms with Crippen molar-refractivity contribution in [3.63, 3.8) is 0 Å². The Kier molecular flexibility index (Phi) is 6.24. The number of fused-ring (bicyclic) bond motifs is 1. The van der Waals surface area contributed by atoms with Crippen molar-refractivity contribution in [3.05, 3.63) is 46.3 Å². The van der Waals surface area contributed by atoms with Crippen LogP contribution in [0.25, 0.3) is 11.2 Å². The highest BCUT2D eigenvalue weighted by atomic mass is 19.4. The molecule has 0 bridgehead atoms. The molecule has 0 atom stereocenters. The first-order chi connectivity index (χ1) is 16.1. The smallest absolute Gasteiger partial charge is 0.417 e. The molecule has 0 unspecified atom stereocenters. The lowest BCUT2D eigenvalue weighted by Crippen LogP contribution is -2.42. The molecule has 182 valence electrons. The third kappa shape index (κ3) is 4.57. The number of ether oxygens (including phenoxy) is 1. The summed E-state index contributed by atoms with van der Waals surface area (Å²) in [6, 6.07) is -0.0859. The number of aryl methyl sites for hydroxylation is 1. The van der Waals surface area contributed by atoms with Crippen LogP contribution in [0.3, 0.4) is 0 Å². The molecule has 12 heteroatoms. The molecule has 34 heavy (non-hydrogen) atoms. The van der Waals surface area contributed by atoms with Gasteiger partial charge in [-0.1, -0.05) is 0 Å². The van der Waals surface area contributed by atoms with Crippen LogP contribution in [0.1, 0.15) is 42.9 Å². The van der Waals surface area contributed by atoms with Crippen LogP contribution in [0.15, 0.2) is 29.5 Å². The van der Waals surface area contributed by atoms with E-state index in [0.29, 0.717) is 42.0 Å². The van der Waals surface area contributed by atoms with Crippen LogP contribution >= 0.6 is 0 Å². The Morgan fingerprint density at radius 3 is 2.65 bits per heavy atom. The average Bonchev–Trinajstić information content (AvgIpc) is 3.23. The summed E-state index contributed by atoms with van der Waals surface area (Å²) in [6.07, 6.45) is 2.40. The zero-order valence-electron chi connectivity index (χ0n) is 18.9. The van der Waals surface area contributed by atoms with E-state index in [1.54, 1.807) is 26.6 Å². The summed E-state index contributed by atoms with van der Waals surface area (Å²) in [5, 5.41) is 2.35. The van der Waals surface area contributed by atoms with Crippen molar-refractivity contribution >= 4 is 22.9 Å². The molecule has 3 aromatic heterocycles. The molecule has 2 N–H and O–H groups in total. The summed E-state index contributed by atoms with van der Waals surface area (Å²) in [5.74, 6) is 0.787. The normalized spacial score (nSPS) is 18.6. The minimum Gasteiger partial charge on any atom is -0.493 e. The monoisotopic (exact) mass is 478 g/mol. The fraction of sp³-hybridized carbons (Fsp3) is 0.455. The lowest BCUT2D eigenvalue weighted by atomic mass is 9.83. The largest absolute Gasteiger partial charge is 0.493 e. The third-order valence-electron chi connectivity index (χ3n) is 6.32. The number of halogens is 3. The van der Waals surface area contributed by atoms with E-state index < -0.39 is 29.0 Å². The molecule has 1 aliphatic carbocycles. The summed E-state index contributed by atoms with van der Waals surface area (Å²) in [4.78, 5) is 38.5. The molecule has 0 spiro atoms. The van der Waals surface area contributed by atoms with Gasteiger partial charge in [-0.05, 0) is 31.7 Å². The van der Waals surface area contributed by atoms with E-state index >= 15 is 0 Å². The quantitative estimate of drug-likeness (QED) is 0.592. The highest BCUT2D eigenvalue weighted by molar-refractivity contribution is 5.89. The number of aromatic nitrogens is 4. The molecular formula is C22H25F3N6O3. The predicted molar refractivity (Wildman–Crippen MR) is 119 cm³/mol. The van der Waals surface area contributed by atoms with Crippen LogP contribution in [0.5, 0.6) is 5.75 Å². The number of carbonyl (C=O) groups is 1. The standard InChI is InChI=1S/C22H25F3N6O3/c1-30-11-13(22(23,24)25)8-15(20(30)32)29-21(33)31(2)14-6-4-12(5-7-14)16-9-26-19-18(28-16)17(34-3)10-27-19/h8-12,14H,4-7H2,1-3H3,(H,26,27)(H,29,33)/t12-,14-. The molecule has 4 rings (SSSR count). The van der Waals surface area contributed by atoms with Gasteiger partial charge in [0.25, 0.3) is 5.56 Å². The van der Waals surface area contributed by atoms with Crippen LogP contribution in [0.2, 0.25) is 0 Å². The Bertz CT molecular complexity index is 1260. The molecule has 0 saturated heterocycles. The maximum absolute atomic E-state index is 13.1. The van der Waals surface area contributed by atoms with Crippen molar-refractivity contribution in [2.75, 3.05) is 19.5 Å². The average molecular weight is 478 g/mol. The first kappa shape index (κ1) is 23.6. The SMILES string of the molecule is COc1c[nH]c2ncc([C@H]3CC[C@H](N(C)C(=O)Nc4cc(C(F)(F)F)cn(C)c4=O)CC3)nc12. The second-order valence-corrected chi connectivity index (χ2v) is 8.45. The molecule has 0 aromatic carbocycles. The van der Waals surface area contributed by atoms with Crippen molar-refractivity contribution in [1.29, 1.82) is 0 Å². The molecule has 1 fully saturated rings. The molecule has 9 nitrogen and oxygen atoms in total. The summed E-state index contributed by atoms with van der Waals surface area (Å²) in [7, 11) is 4.36. The number of pyridine rings is 1. The number of H-pyrrole nitrogens is 1. The first-order valence-electron chi connectivity index (χ1n) is 10.8. The molecule has 1 saturated carbocycles. The van der Waals surface area contributed by atoms with Gasteiger partial charge >= 0.3 is 12.2 Å². The zero-order chi connectivity index (χ0) is 24.6. The number of amides is 2. The van der Waals surface area contributed by atoms with Crippen molar-refractivity contribution in [1.82, 2.24) is 24.4 Å². The van der Waals surface area contributed by atoms with Crippen molar-refractivity contribution in [2.24, 2.45) is 7.05 Å². The summed E-state index contributed by atoms with van der Waals surface area (Å²) in [6.45, 7) is 0. The number of aromatic amines is 1. The second-order valence-electron chi connectivity index (χ2n) is 8.45. The predicted octanol–water partition coefficient (Wildman–Crippen LogP) is 3.87. The van der Waals surface area contributed by atoms with Gasteiger partial charge in [0.2, 0.25) is 0 Å². The Morgan fingerprint density at radius 1 is 1.29 bits per heavy atom. The van der Waals surface area contributed by atoms with E-state index in [4.69, 9.17) is 9.72 Å². The Balaban J connectivity index is 1.42. The highest BCUT2D eigenvalue weighted by Gasteiger charge is 2.33. The van der Waals surface area contributed by atoms with Crippen molar-refractivity contribution < 1.29 is 22.7 Å². The Labute approximate surface area is 192 Å². The number of nitrogens with one attached hydrogen (secondary N) is 2. The van der Waals surface area contributed by atoms with E-state index in [9.17, 15) is 22.8 Å². The highest BCUT2D eigenvalue weighted by Crippen LogP contribution is 2.35. The van der Waals surface area contributed by atoms with Gasteiger partial charge in [-0.3, -0.25) is 4.79 Å². The van der Waals surface area contributed by atoms with E-state index in [1.807, 2.05) is 0 Å². The number of alkyl halides is 3. The van der Waals surface area contributed by atoms with Gasteiger partial charge in [0.1, 0.15) is 11.2 Å². The third-order valence-corrected chi connectivity index (χ3v) is 6.32. The Morgan fingerprint density at radius 2 is 2.00 bits per heavy atom. The van der Waals surface area contributed by atoms with E-state index in [1.165, 1.54) is 11.9 Å². The lowest BCUT2D eigenvalue weighted by molar-refractivity contribution is -0.138. The van der Waals surface area contributed by atoms with Crippen LogP contribution in [0.4, 0.5) is 23.7 Å². The van der Waals surface area contributed by atoms with E-state index in [-0.39, 0.29) is 12.0 Å². The molecule has 0 radical (unpaired) electrons. The summed E-state index contributed by atoms with van der Waals surface area (Å²) in [5.41, 5.74) is 0.0285. The van der Waals surface area contributed by atoms with Crippen LogP contribution in [-0.2, 0) is 13.2 Å². The van der Waals surface area contributed by atoms with Gasteiger partial charge in [-0.15, -0.1) is 0 Å². The van der Waals surface area contributed by atoms with Crippen LogP contribution < -0.4 is 15.6 Å². The van der Waals surface area contributed by atoms with E-state index in [0.717, 1.165) is 23.1 Å². The van der Waals surface area contributed by atoms with Crippen LogP contribution in [0, 0.1) is 0 Å². The first-order valence-corrected chi connectivity index (χ1v) is 10.8. The van der Waals surface area contributed by atoms with Gasteiger partial charge < -0.3 is 24.5 Å². The molecule has 1 aliphatic rings. The van der Waals surface area contributed by atoms with Gasteiger partial charge in [-0.2, -0.15) is 13.2 Å². The number of urea groups is 1. The number of anilines is 1. The molecular weight excluding hydrogens is 453 g/mol. The van der Waals surface area contributed by atoms with Crippen molar-refractivity contribution in [2.45, 2.75) is 43.8 Å². The molecule has 0 aliphatic heterocycles. The molecule has 2 amide bonds. The van der Waals surface area contributed by atoms with Gasteiger partial charge in [0.05, 0.1) is 24.6 Å². The van der Waals surface area contributed by atoms with Gasteiger partial charge in [-0.25, -0.2) is 14.8 Å². The maximum Gasteiger partial charge on any atom is 0.417 e. The minimum atomic E-state index is -4.63. The number of nitrogens with zero attached hydrogens (tertiary/aromatic N) is 4.